The van der Waals surface area contributed by atoms with Crippen LogP contribution in [0.3, 0.4) is 0 Å². The Morgan fingerprint density at radius 3 is 2.53 bits per heavy atom. The molecular weight excluding hydrogens is 258 g/mol. The minimum atomic E-state index is -0.0493. The Morgan fingerprint density at radius 1 is 1.24 bits per heavy atom. The molecule has 1 aliphatic rings. The summed E-state index contributed by atoms with van der Waals surface area (Å²) >= 11 is 7.44. The van der Waals surface area contributed by atoms with E-state index in [2.05, 4.69) is 0 Å². The van der Waals surface area contributed by atoms with Crippen molar-refractivity contribution in [1.29, 1.82) is 0 Å². The molecule has 17 heavy (non-hydrogen) atoms. The fraction of sp³-hybridized carbons (Fsp3) is 0.333. The summed E-state index contributed by atoms with van der Waals surface area (Å²) in [6.45, 7) is 0.901. The minimum absolute atomic E-state index is 0.0199. The molecule has 0 radical (unpaired) electrons. The van der Waals surface area contributed by atoms with E-state index in [1.807, 2.05) is 24.3 Å². The molecule has 0 spiro atoms. The summed E-state index contributed by atoms with van der Waals surface area (Å²) in [6, 6.07) is 7.58. The molecule has 3 nitrogen and oxygen atoms in total. The van der Waals surface area contributed by atoms with Crippen LogP contribution in [0.25, 0.3) is 0 Å². The molecule has 1 saturated heterocycles. The molecule has 1 amide bonds. The predicted octanol–water partition coefficient (Wildman–Crippen LogP) is 2.23. The molecule has 5 heteroatoms. The van der Waals surface area contributed by atoms with Crippen LogP contribution in [0.5, 0.6) is 0 Å². The highest BCUT2D eigenvalue weighted by atomic mass is 35.5. The van der Waals surface area contributed by atoms with Gasteiger partial charge >= 0.3 is 0 Å². The summed E-state index contributed by atoms with van der Waals surface area (Å²) in [5, 5.41) is 0.717. The third kappa shape index (κ3) is 3.48. The SMILES string of the molecule is O=C1CC(=O)N(CCSc2ccc(Cl)cc2)C1. The lowest BCUT2D eigenvalue weighted by molar-refractivity contribution is -0.127. The van der Waals surface area contributed by atoms with Gasteiger partial charge in [-0.3, -0.25) is 9.59 Å². The third-order valence-corrected chi connectivity index (χ3v) is 3.76. The lowest BCUT2D eigenvalue weighted by Gasteiger charge is -2.13. The van der Waals surface area contributed by atoms with Crippen molar-refractivity contribution in [2.45, 2.75) is 11.3 Å². The van der Waals surface area contributed by atoms with E-state index in [1.165, 1.54) is 0 Å². The van der Waals surface area contributed by atoms with Crippen LogP contribution in [-0.4, -0.2) is 35.4 Å². The maximum atomic E-state index is 11.4. The molecule has 1 aromatic rings. The molecule has 0 atom stereocenters. The molecule has 90 valence electrons. The van der Waals surface area contributed by atoms with Crippen LogP contribution >= 0.6 is 23.4 Å². The maximum absolute atomic E-state index is 11.4. The van der Waals surface area contributed by atoms with E-state index in [9.17, 15) is 9.59 Å². The number of amides is 1. The molecule has 0 saturated carbocycles. The van der Waals surface area contributed by atoms with Crippen LogP contribution < -0.4 is 0 Å². The first-order valence-corrected chi connectivity index (χ1v) is 6.69. The Balaban J connectivity index is 1.78. The van der Waals surface area contributed by atoms with Crippen molar-refractivity contribution < 1.29 is 9.59 Å². The predicted molar refractivity (Wildman–Crippen MR) is 68.4 cm³/mol. The first-order chi connectivity index (χ1) is 8.15. The van der Waals surface area contributed by atoms with Gasteiger partial charge in [-0.25, -0.2) is 0 Å². The number of hydrogen-bond donors (Lipinski definition) is 0. The van der Waals surface area contributed by atoms with E-state index in [4.69, 9.17) is 11.6 Å². The minimum Gasteiger partial charge on any atom is -0.334 e. The van der Waals surface area contributed by atoms with E-state index in [1.54, 1.807) is 16.7 Å². The summed E-state index contributed by atoms with van der Waals surface area (Å²) in [4.78, 5) is 25.1. The van der Waals surface area contributed by atoms with Gasteiger partial charge in [0.1, 0.15) is 0 Å². The van der Waals surface area contributed by atoms with Crippen molar-refractivity contribution in [3.63, 3.8) is 0 Å². The van der Waals surface area contributed by atoms with Crippen LogP contribution in [-0.2, 0) is 9.59 Å². The zero-order chi connectivity index (χ0) is 12.3. The molecule has 0 bridgehead atoms. The number of Topliss-reactive ketones (excluding diaryl/α,β-unsaturated/α-hetero) is 1. The number of halogens is 1. The Bertz CT molecular complexity index is 433. The normalized spacial score (nSPS) is 15.7. The van der Waals surface area contributed by atoms with Gasteiger partial charge in [0, 0.05) is 22.2 Å². The molecule has 1 fully saturated rings. The van der Waals surface area contributed by atoms with Gasteiger partial charge in [0.05, 0.1) is 13.0 Å². The van der Waals surface area contributed by atoms with Crippen LogP contribution in [0.2, 0.25) is 5.02 Å². The van der Waals surface area contributed by atoms with E-state index >= 15 is 0 Å². The average Bonchev–Trinajstić information content (AvgIpc) is 2.60. The molecular formula is C12H12ClNO2S. The lowest BCUT2D eigenvalue weighted by atomic mass is 10.3. The maximum Gasteiger partial charge on any atom is 0.230 e. The lowest BCUT2D eigenvalue weighted by Crippen LogP contribution is -2.27. The van der Waals surface area contributed by atoms with Crippen molar-refractivity contribution in [2.24, 2.45) is 0 Å². The highest BCUT2D eigenvalue weighted by Gasteiger charge is 2.26. The van der Waals surface area contributed by atoms with Gasteiger partial charge in [-0.1, -0.05) is 11.6 Å². The Kier molecular flexibility index (Phi) is 4.07. The monoisotopic (exact) mass is 269 g/mol. The number of nitrogens with zero attached hydrogens (tertiary/aromatic N) is 1. The van der Waals surface area contributed by atoms with Gasteiger partial charge < -0.3 is 4.90 Å². The third-order valence-electron chi connectivity index (χ3n) is 2.51. The molecule has 0 aromatic heterocycles. The van der Waals surface area contributed by atoms with E-state index in [0.717, 1.165) is 15.7 Å². The van der Waals surface area contributed by atoms with Gasteiger partial charge in [0.25, 0.3) is 0 Å². The summed E-state index contributed by atoms with van der Waals surface area (Å²) in [6.07, 6.45) is 0.0750. The Hall–Kier alpha value is -1.00. The van der Waals surface area contributed by atoms with Gasteiger partial charge in [0.2, 0.25) is 5.91 Å². The molecule has 1 aliphatic heterocycles. The summed E-state index contributed by atoms with van der Waals surface area (Å²) in [7, 11) is 0. The number of thioether (sulfide) groups is 1. The summed E-state index contributed by atoms with van der Waals surface area (Å²) in [5.74, 6) is 0.763. The topological polar surface area (TPSA) is 37.4 Å². The Labute approximate surface area is 109 Å². The number of likely N-dealkylation sites (tertiary alicyclic amines) is 1. The van der Waals surface area contributed by atoms with E-state index in [-0.39, 0.29) is 24.7 Å². The Morgan fingerprint density at radius 2 is 1.94 bits per heavy atom. The van der Waals surface area contributed by atoms with Crippen molar-refractivity contribution in [2.75, 3.05) is 18.8 Å². The second kappa shape index (κ2) is 5.56. The van der Waals surface area contributed by atoms with Crippen molar-refractivity contribution in [3.8, 4) is 0 Å². The fourth-order valence-corrected chi connectivity index (χ4v) is 2.65. The van der Waals surface area contributed by atoms with Gasteiger partial charge in [-0.2, -0.15) is 0 Å². The summed E-state index contributed by atoms with van der Waals surface area (Å²) < 4.78 is 0. The van der Waals surface area contributed by atoms with E-state index in [0.29, 0.717) is 6.54 Å². The highest BCUT2D eigenvalue weighted by molar-refractivity contribution is 7.99. The number of ketones is 1. The molecule has 2 rings (SSSR count). The van der Waals surface area contributed by atoms with Gasteiger partial charge in [-0.15, -0.1) is 11.8 Å². The largest absolute Gasteiger partial charge is 0.334 e. The summed E-state index contributed by atoms with van der Waals surface area (Å²) in [5.41, 5.74) is 0. The fourth-order valence-electron chi connectivity index (χ4n) is 1.65. The quantitative estimate of drug-likeness (QED) is 0.621. The number of hydrogen-bond acceptors (Lipinski definition) is 3. The number of carbonyl (C=O) groups is 2. The molecule has 1 heterocycles. The molecule has 1 aromatic carbocycles. The molecule has 0 aliphatic carbocycles. The second-order valence-corrected chi connectivity index (χ2v) is 5.44. The van der Waals surface area contributed by atoms with Crippen molar-refractivity contribution in [1.82, 2.24) is 4.90 Å². The highest BCUT2D eigenvalue weighted by Crippen LogP contribution is 2.20. The second-order valence-electron chi connectivity index (χ2n) is 3.83. The molecule has 0 N–H and O–H groups in total. The van der Waals surface area contributed by atoms with Gasteiger partial charge in [-0.05, 0) is 24.3 Å². The van der Waals surface area contributed by atoms with E-state index < -0.39 is 0 Å². The van der Waals surface area contributed by atoms with Crippen LogP contribution in [0, 0.1) is 0 Å². The van der Waals surface area contributed by atoms with Crippen LogP contribution in [0.15, 0.2) is 29.2 Å². The number of rotatable bonds is 4. The van der Waals surface area contributed by atoms with Crippen LogP contribution in [0.4, 0.5) is 0 Å². The van der Waals surface area contributed by atoms with Gasteiger partial charge in [0.15, 0.2) is 5.78 Å². The number of benzene rings is 1. The van der Waals surface area contributed by atoms with Crippen LogP contribution in [0.1, 0.15) is 6.42 Å². The first-order valence-electron chi connectivity index (χ1n) is 5.33. The number of carbonyl (C=O) groups excluding carboxylic acids is 2. The standard InChI is InChI=1S/C12H12ClNO2S/c13-9-1-3-11(4-2-9)17-6-5-14-8-10(15)7-12(14)16/h1-4H,5-8H2. The zero-order valence-corrected chi connectivity index (χ0v) is 10.8. The zero-order valence-electron chi connectivity index (χ0n) is 9.19. The van der Waals surface area contributed by atoms with Crippen molar-refractivity contribution >= 4 is 35.1 Å². The molecule has 0 unspecified atom stereocenters. The smallest absolute Gasteiger partial charge is 0.230 e. The average molecular weight is 270 g/mol. The van der Waals surface area contributed by atoms with Crippen molar-refractivity contribution in [3.05, 3.63) is 29.3 Å². The first kappa shape index (κ1) is 12.5.